The average molecular weight is 386 g/mol. The third kappa shape index (κ3) is 5.17. The van der Waals surface area contributed by atoms with Gasteiger partial charge in [0.2, 0.25) is 0 Å². The Labute approximate surface area is 159 Å². The van der Waals surface area contributed by atoms with Crippen LogP contribution >= 0.6 is 0 Å². The molecule has 0 aliphatic heterocycles. The average Bonchev–Trinajstić information content (AvgIpc) is 2.65. The van der Waals surface area contributed by atoms with E-state index >= 15 is 0 Å². The highest BCUT2D eigenvalue weighted by Gasteiger charge is 2.31. The maximum Gasteiger partial charge on any atom is 0.387 e. The summed E-state index contributed by atoms with van der Waals surface area (Å²) in [4.78, 5) is 0. The second kappa shape index (κ2) is 9.29. The van der Waals surface area contributed by atoms with Crippen LogP contribution < -0.4 is 4.74 Å². The van der Waals surface area contributed by atoms with Gasteiger partial charge < -0.3 is 4.74 Å². The Morgan fingerprint density at radius 2 is 1.41 bits per heavy atom. The molecular weight excluding hydrogens is 356 g/mol. The van der Waals surface area contributed by atoms with Crippen molar-refractivity contribution in [2.75, 3.05) is 0 Å². The number of hydrogen-bond acceptors (Lipinski definition) is 1. The molecule has 1 nitrogen and oxygen atoms in total. The highest BCUT2D eigenvalue weighted by atomic mass is 19.3. The molecule has 0 atom stereocenters. The monoisotopic (exact) mass is 386 g/mol. The summed E-state index contributed by atoms with van der Waals surface area (Å²) in [6, 6.07) is 2.34. The molecule has 0 heterocycles. The van der Waals surface area contributed by atoms with E-state index < -0.39 is 24.0 Å². The van der Waals surface area contributed by atoms with Crippen LogP contribution in [0.2, 0.25) is 0 Å². The summed E-state index contributed by atoms with van der Waals surface area (Å²) >= 11 is 0. The summed E-state index contributed by atoms with van der Waals surface area (Å²) in [6.45, 7) is -0.978. The lowest BCUT2D eigenvalue weighted by Gasteiger charge is -2.38. The van der Waals surface area contributed by atoms with Crippen molar-refractivity contribution < 1.29 is 22.3 Å². The molecule has 1 aromatic rings. The van der Waals surface area contributed by atoms with Crippen LogP contribution in [0, 0.1) is 29.4 Å². The molecule has 0 unspecified atom stereocenters. The summed E-state index contributed by atoms with van der Waals surface area (Å²) in [6.07, 6.45) is 12.0. The molecule has 2 saturated carbocycles. The SMILES string of the molecule is CCC[C@H]1CC[C@H](C2CCC(c3cc(F)c(OC(F)F)c(F)c3)CC2)CC1. The van der Waals surface area contributed by atoms with Crippen LogP contribution in [0.1, 0.15) is 82.6 Å². The Balaban J connectivity index is 1.55. The Morgan fingerprint density at radius 3 is 1.89 bits per heavy atom. The third-order valence-electron chi connectivity index (χ3n) is 6.73. The molecule has 0 spiro atoms. The molecule has 0 amide bonds. The van der Waals surface area contributed by atoms with Gasteiger partial charge in [-0.05, 0) is 79.9 Å². The minimum Gasteiger partial charge on any atom is -0.429 e. The number of rotatable bonds is 6. The molecule has 152 valence electrons. The highest BCUT2D eigenvalue weighted by molar-refractivity contribution is 5.33. The lowest BCUT2D eigenvalue weighted by Crippen LogP contribution is -2.25. The zero-order chi connectivity index (χ0) is 19.4. The van der Waals surface area contributed by atoms with Gasteiger partial charge in [-0.2, -0.15) is 8.78 Å². The molecule has 0 aromatic heterocycles. The van der Waals surface area contributed by atoms with Gasteiger partial charge in [-0.25, -0.2) is 8.78 Å². The number of benzene rings is 1. The smallest absolute Gasteiger partial charge is 0.387 e. The molecule has 0 radical (unpaired) electrons. The zero-order valence-electron chi connectivity index (χ0n) is 16.0. The zero-order valence-corrected chi connectivity index (χ0v) is 16.0. The minimum absolute atomic E-state index is 0.0993. The fraction of sp³-hybridized carbons (Fsp3) is 0.727. The first-order valence-corrected chi connectivity index (χ1v) is 10.4. The van der Waals surface area contributed by atoms with E-state index in [1.165, 1.54) is 50.7 Å². The van der Waals surface area contributed by atoms with Gasteiger partial charge in [-0.15, -0.1) is 0 Å². The number of halogens is 4. The fourth-order valence-electron chi connectivity index (χ4n) is 5.30. The van der Waals surface area contributed by atoms with E-state index in [2.05, 4.69) is 11.7 Å². The Bertz CT molecular complexity index is 579. The normalized spacial score (nSPS) is 29.1. The van der Waals surface area contributed by atoms with Crippen LogP contribution in [-0.4, -0.2) is 6.61 Å². The topological polar surface area (TPSA) is 9.23 Å². The number of ether oxygens (including phenoxy) is 1. The quantitative estimate of drug-likeness (QED) is 0.461. The van der Waals surface area contributed by atoms with E-state index in [1.54, 1.807) is 0 Å². The summed E-state index contributed by atoms with van der Waals surface area (Å²) in [5.74, 6) is -0.534. The minimum atomic E-state index is -3.23. The number of alkyl halides is 2. The van der Waals surface area contributed by atoms with E-state index in [9.17, 15) is 17.6 Å². The molecule has 0 saturated heterocycles. The van der Waals surface area contributed by atoms with Crippen molar-refractivity contribution in [2.45, 2.75) is 83.7 Å². The predicted octanol–water partition coefficient (Wildman–Crippen LogP) is 7.45. The van der Waals surface area contributed by atoms with Crippen LogP contribution in [-0.2, 0) is 0 Å². The fourth-order valence-corrected chi connectivity index (χ4v) is 5.30. The van der Waals surface area contributed by atoms with Crippen LogP contribution in [0.25, 0.3) is 0 Å². The van der Waals surface area contributed by atoms with E-state index in [4.69, 9.17) is 0 Å². The van der Waals surface area contributed by atoms with E-state index in [0.717, 1.165) is 43.4 Å². The van der Waals surface area contributed by atoms with Crippen LogP contribution in [0.15, 0.2) is 12.1 Å². The molecule has 1 aromatic carbocycles. The largest absolute Gasteiger partial charge is 0.429 e. The molecule has 27 heavy (non-hydrogen) atoms. The Kier molecular flexibility index (Phi) is 7.04. The first-order valence-electron chi connectivity index (χ1n) is 10.4. The summed E-state index contributed by atoms with van der Waals surface area (Å²) in [5.41, 5.74) is 0.566. The van der Waals surface area contributed by atoms with Gasteiger partial charge in [0, 0.05) is 0 Å². The second-order valence-electron chi connectivity index (χ2n) is 8.37. The molecular formula is C22H30F4O. The van der Waals surface area contributed by atoms with Crippen molar-refractivity contribution in [3.63, 3.8) is 0 Å². The number of hydrogen-bond donors (Lipinski definition) is 0. The third-order valence-corrected chi connectivity index (χ3v) is 6.73. The van der Waals surface area contributed by atoms with Gasteiger partial charge in [0.25, 0.3) is 0 Å². The van der Waals surface area contributed by atoms with E-state index in [0.29, 0.717) is 5.56 Å². The molecule has 2 aliphatic rings. The highest BCUT2D eigenvalue weighted by Crippen LogP contribution is 2.45. The first kappa shape index (κ1) is 20.5. The van der Waals surface area contributed by atoms with Gasteiger partial charge in [0.15, 0.2) is 17.4 Å². The van der Waals surface area contributed by atoms with Crippen molar-refractivity contribution in [3.05, 3.63) is 29.3 Å². The lowest BCUT2D eigenvalue weighted by molar-refractivity contribution is -0.0546. The Hall–Kier alpha value is -1.26. The van der Waals surface area contributed by atoms with E-state index in [1.807, 2.05) is 0 Å². The maximum absolute atomic E-state index is 14.0. The molecule has 2 aliphatic carbocycles. The van der Waals surface area contributed by atoms with Gasteiger partial charge in [-0.1, -0.05) is 32.6 Å². The van der Waals surface area contributed by atoms with E-state index in [-0.39, 0.29) is 5.92 Å². The first-order chi connectivity index (χ1) is 13.0. The van der Waals surface area contributed by atoms with Gasteiger partial charge in [-0.3, -0.25) is 0 Å². The molecule has 5 heteroatoms. The summed E-state index contributed by atoms with van der Waals surface area (Å²) in [7, 11) is 0. The lowest BCUT2D eigenvalue weighted by atomic mass is 9.68. The summed E-state index contributed by atoms with van der Waals surface area (Å²) in [5, 5.41) is 0. The molecule has 3 rings (SSSR count). The van der Waals surface area contributed by atoms with Gasteiger partial charge >= 0.3 is 6.61 Å². The Morgan fingerprint density at radius 1 is 0.889 bits per heavy atom. The van der Waals surface area contributed by atoms with Crippen LogP contribution in [0.4, 0.5) is 17.6 Å². The van der Waals surface area contributed by atoms with Gasteiger partial charge in [0.1, 0.15) is 0 Å². The maximum atomic E-state index is 14.0. The molecule has 0 bridgehead atoms. The van der Waals surface area contributed by atoms with Crippen molar-refractivity contribution in [1.29, 1.82) is 0 Å². The van der Waals surface area contributed by atoms with Crippen LogP contribution in [0.3, 0.4) is 0 Å². The van der Waals surface area contributed by atoms with Crippen molar-refractivity contribution >= 4 is 0 Å². The van der Waals surface area contributed by atoms with Crippen molar-refractivity contribution in [2.24, 2.45) is 17.8 Å². The van der Waals surface area contributed by atoms with Crippen LogP contribution in [0.5, 0.6) is 5.75 Å². The van der Waals surface area contributed by atoms with Gasteiger partial charge in [0.05, 0.1) is 0 Å². The standard InChI is InChI=1S/C22H30F4O/c1-2-3-14-4-6-15(7-5-14)16-8-10-17(11-9-16)18-12-19(23)21(20(24)13-18)27-22(25)26/h12-17,22H,2-11H2,1H3/t14-,15-,16?,17?. The van der Waals surface area contributed by atoms with Crippen molar-refractivity contribution in [3.8, 4) is 5.75 Å². The second-order valence-corrected chi connectivity index (χ2v) is 8.37. The molecule has 0 N–H and O–H groups in total. The molecule has 2 fully saturated rings. The van der Waals surface area contributed by atoms with Crippen molar-refractivity contribution in [1.82, 2.24) is 0 Å². The predicted molar refractivity (Wildman–Crippen MR) is 98.0 cm³/mol. The summed E-state index contributed by atoms with van der Waals surface area (Å²) < 4.78 is 56.5.